The average Bonchev–Trinajstić information content (AvgIpc) is 2.71. The smallest absolute Gasteiger partial charge is 0.161 e. The first kappa shape index (κ1) is 14.7. The van der Waals surface area contributed by atoms with Gasteiger partial charge in [-0.2, -0.15) is 0 Å². The molecular formula is C18H27NO2. The second-order valence-corrected chi connectivity index (χ2v) is 6.87. The Labute approximate surface area is 128 Å². The van der Waals surface area contributed by atoms with Crippen LogP contribution in [0, 0.1) is 5.41 Å². The van der Waals surface area contributed by atoms with Gasteiger partial charge in [-0.3, -0.25) is 0 Å². The maximum atomic E-state index is 5.83. The third-order valence-electron chi connectivity index (χ3n) is 5.08. The van der Waals surface area contributed by atoms with Crippen LogP contribution in [0.3, 0.4) is 0 Å². The molecule has 0 aromatic heterocycles. The van der Waals surface area contributed by atoms with Crippen LogP contribution in [-0.4, -0.2) is 25.8 Å². The first-order valence-corrected chi connectivity index (χ1v) is 8.26. The van der Waals surface area contributed by atoms with Gasteiger partial charge in [0.05, 0.1) is 13.2 Å². The highest BCUT2D eigenvalue weighted by Gasteiger charge is 2.48. The second kappa shape index (κ2) is 5.88. The molecule has 1 saturated carbocycles. The van der Waals surface area contributed by atoms with Crippen LogP contribution >= 0.6 is 0 Å². The molecule has 0 saturated heterocycles. The number of nitrogens with one attached hydrogen (secondary N) is 1. The van der Waals surface area contributed by atoms with E-state index >= 15 is 0 Å². The summed E-state index contributed by atoms with van der Waals surface area (Å²) in [5.41, 5.74) is 1.69. The maximum Gasteiger partial charge on any atom is 0.161 e. The van der Waals surface area contributed by atoms with E-state index in [1.807, 2.05) is 0 Å². The molecule has 1 N–H and O–H groups in total. The number of hydrogen-bond acceptors (Lipinski definition) is 3. The Kier molecular flexibility index (Phi) is 4.12. The molecule has 1 aromatic carbocycles. The fourth-order valence-corrected chi connectivity index (χ4v) is 3.55. The van der Waals surface area contributed by atoms with Gasteiger partial charge in [0.25, 0.3) is 0 Å². The normalized spacial score (nSPS) is 26.8. The molecule has 1 fully saturated rings. The molecule has 21 heavy (non-hydrogen) atoms. The predicted molar refractivity (Wildman–Crippen MR) is 85.3 cm³/mol. The summed E-state index contributed by atoms with van der Waals surface area (Å²) in [7, 11) is 0. The van der Waals surface area contributed by atoms with Crippen LogP contribution in [0.25, 0.3) is 0 Å². The fraction of sp³-hybridized carbons (Fsp3) is 0.667. The van der Waals surface area contributed by atoms with Gasteiger partial charge < -0.3 is 14.8 Å². The summed E-state index contributed by atoms with van der Waals surface area (Å²) < 4.78 is 11.6. The Balaban J connectivity index is 1.75. The lowest BCUT2D eigenvalue weighted by atomic mass is 9.56. The van der Waals surface area contributed by atoms with Gasteiger partial charge in [0, 0.05) is 12.5 Å². The Bertz CT molecular complexity index is 498. The molecule has 3 heteroatoms. The fourth-order valence-electron chi connectivity index (χ4n) is 3.55. The number of hydrogen-bond donors (Lipinski definition) is 1. The van der Waals surface area contributed by atoms with Gasteiger partial charge in [-0.15, -0.1) is 0 Å². The highest BCUT2D eigenvalue weighted by atomic mass is 16.5. The Morgan fingerprint density at radius 1 is 1.19 bits per heavy atom. The van der Waals surface area contributed by atoms with Gasteiger partial charge in [0.15, 0.2) is 11.5 Å². The molecule has 2 atom stereocenters. The monoisotopic (exact) mass is 289 g/mol. The van der Waals surface area contributed by atoms with Crippen molar-refractivity contribution in [1.82, 2.24) is 5.32 Å². The Morgan fingerprint density at radius 3 is 2.67 bits per heavy atom. The van der Waals surface area contributed by atoms with E-state index < -0.39 is 0 Å². The van der Waals surface area contributed by atoms with Crippen LogP contribution in [0.15, 0.2) is 18.2 Å². The zero-order chi connectivity index (χ0) is 14.9. The molecule has 0 amide bonds. The summed E-state index contributed by atoms with van der Waals surface area (Å²) in [4.78, 5) is 0. The molecule has 2 unspecified atom stereocenters. The quantitative estimate of drug-likeness (QED) is 0.916. The zero-order valence-corrected chi connectivity index (χ0v) is 13.4. The number of benzene rings is 1. The van der Waals surface area contributed by atoms with Crippen LogP contribution in [-0.2, 0) is 0 Å². The molecule has 0 bridgehead atoms. The largest absolute Gasteiger partial charge is 0.490 e. The third kappa shape index (κ3) is 2.76. The lowest BCUT2D eigenvalue weighted by molar-refractivity contribution is 0.0693. The van der Waals surface area contributed by atoms with E-state index in [1.54, 1.807) is 0 Å². The molecule has 2 aliphatic rings. The number of rotatable bonds is 4. The van der Waals surface area contributed by atoms with Crippen LogP contribution < -0.4 is 14.8 Å². The van der Waals surface area contributed by atoms with Gasteiger partial charge in [0.2, 0.25) is 0 Å². The van der Waals surface area contributed by atoms with Crippen molar-refractivity contribution in [2.75, 3.05) is 19.8 Å². The minimum Gasteiger partial charge on any atom is -0.490 e. The van der Waals surface area contributed by atoms with Crippen molar-refractivity contribution in [2.24, 2.45) is 5.41 Å². The molecule has 0 spiro atoms. The molecule has 1 heterocycles. The van der Waals surface area contributed by atoms with Crippen molar-refractivity contribution in [1.29, 1.82) is 0 Å². The second-order valence-electron chi connectivity index (χ2n) is 6.87. The van der Waals surface area contributed by atoms with E-state index in [2.05, 4.69) is 44.3 Å². The Hall–Kier alpha value is -1.22. The lowest BCUT2D eigenvalue weighted by Crippen LogP contribution is -2.55. The van der Waals surface area contributed by atoms with Crippen molar-refractivity contribution in [3.63, 3.8) is 0 Å². The topological polar surface area (TPSA) is 30.5 Å². The van der Waals surface area contributed by atoms with Crippen molar-refractivity contribution in [3.05, 3.63) is 23.8 Å². The highest BCUT2D eigenvalue weighted by molar-refractivity contribution is 5.45. The van der Waals surface area contributed by atoms with Gasteiger partial charge in [-0.25, -0.2) is 0 Å². The summed E-state index contributed by atoms with van der Waals surface area (Å²) in [6.07, 6.45) is 3.37. The lowest BCUT2D eigenvalue weighted by Gasteiger charge is -2.53. The molecule has 1 aliphatic heterocycles. The van der Waals surface area contributed by atoms with E-state index in [9.17, 15) is 0 Å². The van der Waals surface area contributed by atoms with Gasteiger partial charge >= 0.3 is 0 Å². The SMILES string of the molecule is CCCNC1CC(c2ccc3c(c2)OCCCO3)C1(C)C. The summed E-state index contributed by atoms with van der Waals surface area (Å²) >= 11 is 0. The minimum absolute atomic E-state index is 0.301. The van der Waals surface area contributed by atoms with Gasteiger partial charge in [-0.05, 0) is 48.4 Å². The number of fused-ring (bicyclic) bond motifs is 1. The average molecular weight is 289 g/mol. The van der Waals surface area contributed by atoms with Gasteiger partial charge in [-0.1, -0.05) is 26.8 Å². The van der Waals surface area contributed by atoms with Crippen LogP contribution in [0.1, 0.15) is 51.5 Å². The zero-order valence-electron chi connectivity index (χ0n) is 13.4. The molecule has 1 aromatic rings. The first-order chi connectivity index (χ1) is 10.1. The molecule has 116 valence electrons. The van der Waals surface area contributed by atoms with E-state index in [-0.39, 0.29) is 0 Å². The van der Waals surface area contributed by atoms with Crippen molar-refractivity contribution < 1.29 is 9.47 Å². The van der Waals surface area contributed by atoms with Crippen LogP contribution in [0.2, 0.25) is 0 Å². The molecule has 3 rings (SSSR count). The maximum absolute atomic E-state index is 5.83. The summed E-state index contributed by atoms with van der Waals surface area (Å²) in [5.74, 6) is 2.42. The summed E-state index contributed by atoms with van der Waals surface area (Å²) in [6, 6.07) is 7.12. The predicted octanol–water partition coefficient (Wildman–Crippen LogP) is 3.73. The van der Waals surface area contributed by atoms with Crippen molar-refractivity contribution in [3.8, 4) is 11.5 Å². The van der Waals surface area contributed by atoms with Crippen molar-refractivity contribution >= 4 is 0 Å². The Morgan fingerprint density at radius 2 is 1.95 bits per heavy atom. The standard InChI is InChI=1S/C18H27NO2/c1-4-8-19-17-12-14(18(17,2)3)13-6-7-15-16(11-13)21-10-5-9-20-15/h6-7,11,14,17,19H,4-5,8-10,12H2,1-3H3. The molecule has 0 radical (unpaired) electrons. The number of ether oxygens (including phenoxy) is 2. The highest BCUT2D eigenvalue weighted by Crippen LogP contribution is 2.53. The molecule has 1 aliphatic carbocycles. The summed E-state index contributed by atoms with van der Waals surface area (Å²) in [5, 5.41) is 3.68. The van der Waals surface area contributed by atoms with E-state index in [0.29, 0.717) is 17.4 Å². The first-order valence-electron chi connectivity index (χ1n) is 8.26. The summed E-state index contributed by atoms with van der Waals surface area (Å²) in [6.45, 7) is 9.59. The minimum atomic E-state index is 0.301. The molecular weight excluding hydrogens is 262 g/mol. The third-order valence-corrected chi connectivity index (χ3v) is 5.08. The van der Waals surface area contributed by atoms with E-state index in [1.165, 1.54) is 18.4 Å². The molecule has 3 nitrogen and oxygen atoms in total. The van der Waals surface area contributed by atoms with E-state index in [0.717, 1.165) is 37.7 Å². The van der Waals surface area contributed by atoms with Crippen LogP contribution in [0.4, 0.5) is 0 Å². The van der Waals surface area contributed by atoms with Crippen molar-refractivity contribution in [2.45, 2.75) is 52.0 Å². The van der Waals surface area contributed by atoms with Crippen LogP contribution in [0.5, 0.6) is 11.5 Å². The van der Waals surface area contributed by atoms with Gasteiger partial charge in [0.1, 0.15) is 0 Å². The van der Waals surface area contributed by atoms with E-state index in [4.69, 9.17) is 9.47 Å².